The van der Waals surface area contributed by atoms with Crippen LogP contribution in [0.2, 0.25) is 0 Å². The van der Waals surface area contributed by atoms with Crippen molar-refractivity contribution in [3.63, 3.8) is 0 Å². The molecule has 3 nitrogen and oxygen atoms in total. The van der Waals surface area contributed by atoms with Crippen LogP contribution in [0.3, 0.4) is 0 Å². The summed E-state index contributed by atoms with van der Waals surface area (Å²) in [6.45, 7) is 5.84. The molecule has 7 heteroatoms. The van der Waals surface area contributed by atoms with Gasteiger partial charge in [-0.05, 0) is 59.2 Å². The maximum atomic E-state index is 13.8. The highest BCUT2D eigenvalue weighted by Crippen LogP contribution is 2.31. The lowest BCUT2D eigenvalue weighted by Crippen LogP contribution is -2.31. The van der Waals surface area contributed by atoms with Crippen molar-refractivity contribution in [3.05, 3.63) is 137 Å². The minimum absolute atomic E-state index is 0.0886. The quantitative estimate of drug-likeness (QED) is 0.102. The molecule has 0 fully saturated rings. The maximum Gasteiger partial charge on any atom is 0.311 e. The Labute approximate surface area is 251 Å². The molecule has 43 heavy (non-hydrogen) atoms. The summed E-state index contributed by atoms with van der Waals surface area (Å²) < 4.78 is 59.4. The maximum absolute atomic E-state index is 13.8. The minimum atomic E-state index is -4.07. The number of hydrogen-bond donors (Lipinski definition) is 1. The van der Waals surface area contributed by atoms with E-state index in [1.807, 2.05) is 48.5 Å². The molecule has 0 bridgehead atoms. The van der Waals surface area contributed by atoms with Crippen LogP contribution in [-0.2, 0) is 19.4 Å². The van der Waals surface area contributed by atoms with Crippen molar-refractivity contribution in [2.24, 2.45) is 0 Å². The van der Waals surface area contributed by atoms with Crippen LogP contribution in [0.5, 0.6) is 5.75 Å². The van der Waals surface area contributed by atoms with Crippen LogP contribution in [0.1, 0.15) is 47.4 Å². The molecule has 0 aromatic heterocycles. The van der Waals surface area contributed by atoms with E-state index in [0.29, 0.717) is 44.8 Å². The summed E-state index contributed by atoms with van der Waals surface area (Å²) in [7, 11) is 0. The van der Waals surface area contributed by atoms with Gasteiger partial charge < -0.3 is 9.84 Å². The van der Waals surface area contributed by atoms with E-state index in [4.69, 9.17) is 4.74 Å². The van der Waals surface area contributed by atoms with Gasteiger partial charge in [0.15, 0.2) is 0 Å². The van der Waals surface area contributed by atoms with Crippen molar-refractivity contribution >= 4 is 0 Å². The molecule has 1 aliphatic carbocycles. The van der Waals surface area contributed by atoms with Gasteiger partial charge in [0.1, 0.15) is 5.75 Å². The molecule has 0 aliphatic heterocycles. The molecular formula is C36H39F4NO2. The fraction of sp³-hybridized carbons (Fsp3) is 0.333. The van der Waals surface area contributed by atoms with E-state index < -0.39 is 18.8 Å². The Bertz CT molecular complexity index is 1390. The predicted octanol–water partition coefficient (Wildman–Crippen LogP) is 9.08. The zero-order valence-electron chi connectivity index (χ0n) is 24.3. The van der Waals surface area contributed by atoms with Crippen LogP contribution >= 0.6 is 0 Å². The van der Waals surface area contributed by atoms with Gasteiger partial charge in [0.25, 0.3) is 0 Å². The number of allylic oxidation sites excluding steroid dienone is 4. The van der Waals surface area contributed by atoms with Crippen LogP contribution < -0.4 is 4.74 Å². The number of nitrogens with zero attached hydrogens (tertiary/aromatic N) is 1. The van der Waals surface area contributed by atoms with Gasteiger partial charge in [-0.1, -0.05) is 91.5 Å². The summed E-state index contributed by atoms with van der Waals surface area (Å²) in [5, 5.41) is 9.52. The van der Waals surface area contributed by atoms with E-state index >= 15 is 0 Å². The highest BCUT2D eigenvalue weighted by atomic mass is 19.3. The summed E-state index contributed by atoms with van der Waals surface area (Å²) in [5.74, 6) is -3.17. The van der Waals surface area contributed by atoms with E-state index in [1.165, 1.54) is 17.2 Å². The summed E-state index contributed by atoms with van der Waals surface area (Å²) in [4.78, 5) is 2.28. The SMILES string of the molecule is C=C(O)Cc1cccc(OCCCN(Cc2cccc(CC(F)(F)C(F)F)c2)CC(C2=CCCC=C2)c2ccccc2)c1. The number of rotatable bonds is 16. The molecule has 1 atom stereocenters. The molecular weight excluding hydrogens is 554 g/mol. The second-order valence-electron chi connectivity index (χ2n) is 11.0. The molecule has 4 rings (SSSR count). The van der Waals surface area contributed by atoms with Gasteiger partial charge in [0.2, 0.25) is 0 Å². The Morgan fingerprint density at radius 3 is 2.40 bits per heavy atom. The van der Waals surface area contributed by atoms with Crippen molar-refractivity contribution in [1.29, 1.82) is 0 Å². The lowest BCUT2D eigenvalue weighted by molar-refractivity contribution is -0.127. The van der Waals surface area contributed by atoms with E-state index in [-0.39, 0.29) is 17.2 Å². The first kappa shape index (κ1) is 32.1. The van der Waals surface area contributed by atoms with Crippen LogP contribution in [0, 0.1) is 0 Å². The molecule has 0 saturated heterocycles. The van der Waals surface area contributed by atoms with Gasteiger partial charge in [-0.25, -0.2) is 8.78 Å². The molecule has 0 amide bonds. The second kappa shape index (κ2) is 15.6. The molecule has 3 aromatic rings. The standard InChI is InChI=1S/C36H39F4NO2/c1-27(42)21-28-11-9-18-33(23-28)43-20-10-19-41(25-30-13-8-12-29(22-30)24-36(39,40)35(37)38)26-34(31-14-4-2-5-15-31)32-16-6-3-7-17-32/h2,4-6,8-9,11-18,22-23,34-35,42H,1,3,7,10,19-21,24-26H2. The number of ether oxygens (including phenoxy) is 1. The zero-order valence-corrected chi connectivity index (χ0v) is 24.3. The van der Waals surface area contributed by atoms with Crippen molar-refractivity contribution in [3.8, 4) is 5.75 Å². The van der Waals surface area contributed by atoms with Crippen LogP contribution in [0.4, 0.5) is 17.6 Å². The Kier molecular flexibility index (Phi) is 11.6. The largest absolute Gasteiger partial charge is 0.513 e. The molecule has 0 spiro atoms. The van der Waals surface area contributed by atoms with Gasteiger partial charge in [-0.15, -0.1) is 0 Å². The molecule has 1 unspecified atom stereocenters. The van der Waals surface area contributed by atoms with Crippen LogP contribution in [0.25, 0.3) is 0 Å². The Morgan fingerprint density at radius 1 is 0.930 bits per heavy atom. The van der Waals surface area contributed by atoms with Gasteiger partial charge in [0.05, 0.1) is 12.4 Å². The average molecular weight is 594 g/mol. The van der Waals surface area contributed by atoms with Gasteiger partial charge in [-0.2, -0.15) is 8.78 Å². The first-order chi connectivity index (χ1) is 20.7. The van der Waals surface area contributed by atoms with E-state index in [0.717, 1.165) is 24.0 Å². The lowest BCUT2D eigenvalue weighted by atomic mass is 9.87. The predicted molar refractivity (Wildman–Crippen MR) is 164 cm³/mol. The van der Waals surface area contributed by atoms with Crippen molar-refractivity contribution < 1.29 is 27.4 Å². The molecule has 228 valence electrons. The van der Waals surface area contributed by atoms with Crippen molar-refractivity contribution in [2.75, 3.05) is 19.7 Å². The number of alkyl halides is 4. The fourth-order valence-electron chi connectivity index (χ4n) is 5.38. The van der Waals surface area contributed by atoms with Crippen molar-refractivity contribution in [2.45, 2.75) is 56.9 Å². The van der Waals surface area contributed by atoms with E-state index in [2.05, 4.69) is 41.8 Å². The third kappa shape index (κ3) is 10.1. The monoisotopic (exact) mass is 593 g/mol. The Morgan fingerprint density at radius 2 is 1.67 bits per heavy atom. The highest BCUT2D eigenvalue weighted by Gasteiger charge is 2.40. The molecule has 0 radical (unpaired) electrons. The highest BCUT2D eigenvalue weighted by molar-refractivity contribution is 5.37. The van der Waals surface area contributed by atoms with E-state index in [9.17, 15) is 22.7 Å². The van der Waals surface area contributed by atoms with Gasteiger partial charge in [-0.3, -0.25) is 4.90 Å². The smallest absolute Gasteiger partial charge is 0.311 e. The molecule has 3 aromatic carbocycles. The number of halogens is 4. The topological polar surface area (TPSA) is 32.7 Å². The van der Waals surface area contributed by atoms with E-state index in [1.54, 1.807) is 12.1 Å². The molecule has 0 heterocycles. The summed E-state index contributed by atoms with van der Waals surface area (Å²) in [6, 6.07) is 24.4. The van der Waals surface area contributed by atoms with Crippen LogP contribution in [-0.4, -0.2) is 42.1 Å². The number of aliphatic hydroxyl groups is 1. The number of aliphatic hydroxyl groups excluding tert-OH is 1. The first-order valence-corrected chi connectivity index (χ1v) is 14.7. The third-order valence-electron chi connectivity index (χ3n) is 7.42. The minimum Gasteiger partial charge on any atom is -0.513 e. The number of benzene rings is 3. The average Bonchev–Trinajstić information content (AvgIpc) is 2.98. The van der Waals surface area contributed by atoms with Gasteiger partial charge in [0, 0.05) is 38.4 Å². The summed E-state index contributed by atoms with van der Waals surface area (Å²) in [5.41, 5.74) is 4.32. The molecule has 1 aliphatic rings. The third-order valence-corrected chi connectivity index (χ3v) is 7.42. The van der Waals surface area contributed by atoms with Crippen LogP contribution in [0.15, 0.2) is 115 Å². The molecule has 1 N–H and O–H groups in total. The zero-order chi connectivity index (χ0) is 30.7. The fourth-order valence-corrected chi connectivity index (χ4v) is 5.38. The van der Waals surface area contributed by atoms with Gasteiger partial charge >= 0.3 is 12.3 Å². The summed E-state index contributed by atoms with van der Waals surface area (Å²) in [6.07, 6.45) is 5.00. The normalized spacial score (nSPS) is 14.1. The summed E-state index contributed by atoms with van der Waals surface area (Å²) >= 11 is 0. The van der Waals surface area contributed by atoms with Crippen molar-refractivity contribution in [1.82, 2.24) is 4.90 Å². The lowest BCUT2D eigenvalue weighted by Gasteiger charge is -2.30. The molecule has 0 saturated carbocycles. The Hall–Kier alpha value is -3.84. The number of hydrogen-bond acceptors (Lipinski definition) is 3. The second-order valence-corrected chi connectivity index (χ2v) is 11.0. The first-order valence-electron chi connectivity index (χ1n) is 14.7. The Balaban J connectivity index is 1.50.